The third-order valence-corrected chi connectivity index (χ3v) is 6.10. The van der Waals surface area contributed by atoms with Gasteiger partial charge < -0.3 is 20.7 Å². The van der Waals surface area contributed by atoms with Crippen LogP contribution in [0.5, 0.6) is 0 Å². The van der Waals surface area contributed by atoms with Gasteiger partial charge in [-0.2, -0.15) is 0 Å². The highest BCUT2D eigenvalue weighted by Crippen LogP contribution is 2.39. The second kappa shape index (κ2) is 7.50. The van der Waals surface area contributed by atoms with Gasteiger partial charge in [0.2, 0.25) is 17.7 Å². The van der Waals surface area contributed by atoms with Gasteiger partial charge in [-0.25, -0.2) is 0 Å². The summed E-state index contributed by atoms with van der Waals surface area (Å²) in [6, 6.07) is 2.02. The first-order valence-corrected chi connectivity index (χ1v) is 9.61. The number of carbonyl (C=O) groups is 4. The topological polar surface area (TPSA) is 119 Å². The molecule has 0 radical (unpaired) electrons. The molecule has 0 unspecified atom stereocenters. The van der Waals surface area contributed by atoms with Crippen molar-refractivity contribution < 1.29 is 23.9 Å². The SMILES string of the molecule is CC(=O)OCC1=CS[C@@H]2[C@H](NC(=O)Cc3cccs3)C(=O)N2[C@H]1C(N)=O. The Labute approximate surface area is 157 Å². The Kier molecular flexibility index (Phi) is 5.33. The minimum absolute atomic E-state index is 0.109. The Morgan fingerprint density at radius 1 is 1.38 bits per heavy atom. The zero-order chi connectivity index (χ0) is 18.8. The molecular formula is C16H17N3O5S2. The number of thioether (sulfide) groups is 1. The molecule has 26 heavy (non-hydrogen) atoms. The number of fused-ring (bicyclic) bond motifs is 1. The van der Waals surface area contributed by atoms with Gasteiger partial charge in [0.05, 0.1) is 6.42 Å². The smallest absolute Gasteiger partial charge is 0.302 e. The zero-order valence-corrected chi connectivity index (χ0v) is 15.5. The van der Waals surface area contributed by atoms with Crippen molar-refractivity contribution in [1.29, 1.82) is 0 Å². The molecule has 3 atom stereocenters. The Bertz CT molecular complexity index is 777. The number of amides is 3. The summed E-state index contributed by atoms with van der Waals surface area (Å²) in [5, 5.41) is 5.86. The van der Waals surface area contributed by atoms with Crippen molar-refractivity contribution >= 4 is 46.8 Å². The molecule has 1 fully saturated rings. The molecule has 1 aromatic rings. The number of nitrogens with one attached hydrogen (secondary N) is 1. The first kappa shape index (κ1) is 18.5. The molecule has 8 nitrogen and oxygen atoms in total. The van der Waals surface area contributed by atoms with Crippen molar-refractivity contribution in [3.05, 3.63) is 33.4 Å². The first-order valence-electron chi connectivity index (χ1n) is 7.79. The number of carbonyl (C=O) groups excluding carboxylic acids is 4. The molecule has 3 N–H and O–H groups in total. The van der Waals surface area contributed by atoms with E-state index in [4.69, 9.17) is 10.5 Å². The van der Waals surface area contributed by atoms with E-state index in [2.05, 4.69) is 5.32 Å². The summed E-state index contributed by atoms with van der Waals surface area (Å²) in [4.78, 5) is 49.7. The van der Waals surface area contributed by atoms with E-state index in [1.165, 1.54) is 34.9 Å². The van der Waals surface area contributed by atoms with Gasteiger partial charge in [0, 0.05) is 17.4 Å². The molecule has 0 aromatic carbocycles. The third kappa shape index (κ3) is 3.61. The number of thiophene rings is 1. The molecule has 0 spiro atoms. The summed E-state index contributed by atoms with van der Waals surface area (Å²) in [5.41, 5.74) is 5.89. The van der Waals surface area contributed by atoms with Crippen molar-refractivity contribution in [3.63, 3.8) is 0 Å². The van der Waals surface area contributed by atoms with Crippen molar-refractivity contribution in [2.75, 3.05) is 6.61 Å². The molecule has 3 heterocycles. The quantitative estimate of drug-likeness (QED) is 0.517. The van der Waals surface area contributed by atoms with Crippen LogP contribution in [-0.4, -0.2) is 52.7 Å². The molecule has 3 rings (SSSR count). The van der Waals surface area contributed by atoms with Crippen LogP contribution in [0.4, 0.5) is 0 Å². The largest absolute Gasteiger partial charge is 0.461 e. The van der Waals surface area contributed by atoms with Crippen molar-refractivity contribution in [1.82, 2.24) is 10.2 Å². The van der Waals surface area contributed by atoms with Crippen LogP contribution in [0.25, 0.3) is 0 Å². The van der Waals surface area contributed by atoms with E-state index in [0.717, 1.165) is 4.88 Å². The summed E-state index contributed by atoms with van der Waals surface area (Å²) in [7, 11) is 0. The maximum atomic E-state index is 12.5. The Hall–Kier alpha value is -2.33. The highest BCUT2D eigenvalue weighted by atomic mass is 32.2. The van der Waals surface area contributed by atoms with Gasteiger partial charge in [-0.15, -0.1) is 23.1 Å². The average molecular weight is 395 g/mol. The molecule has 138 valence electrons. The number of nitrogens with zero attached hydrogens (tertiary/aromatic N) is 1. The van der Waals surface area contributed by atoms with E-state index < -0.39 is 29.3 Å². The standard InChI is InChI=1S/C16H17N3O5S2/c1-8(20)24-6-9-7-26-16-12(15(23)19(16)13(9)14(17)22)18-11(21)5-10-3-2-4-25-10/h2-4,7,12-13,16H,5-6H2,1H3,(H2,17,22)(H,18,21)/t12-,13-,16-/m1/s1. The minimum atomic E-state index is -0.974. The molecule has 0 bridgehead atoms. The highest BCUT2D eigenvalue weighted by molar-refractivity contribution is 8.02. The first-order chi connectivity index (χ1) is 12.4. The lowest BCUT2D eigenvalue weighted by molar-refractivity contribution is -0.154. The maximum absolute atomic E-state index is 12.5. The van der Waals surface area contributed by atoms with Crippen molar-refractivity contribution in [3.8, 4) is 0 Å². The normalized spacial score (nSPS) is 24.2. The predicted molar refractivity (Wildman–Crippen MR) is 95.9 cm³/mol. The lowest BCUT2D eigenvalue weighted by atomic mass is 9.97. The second-order valence-corrected chi connectivity index (χ2v) is 7.87. The van der Waals surface area contributed by atoms with E-state index in [0.29, 0.717) is 5.57 Å². The van der Waals surface area contributed by atoms with E-state index in [1.54, 1.807) is 5.41 Å². The van der Waals surface area contributed by atoms with Gasteiger partial charge >= 0.3 is 5.97 Å². The van der Waals surface area contributed by atoms with E-state index in [-0.39, 0.29) is 24.8 Å². The van der Waals surface area contributed by atoms with Crippen LogP contribution >= 0.6 is 23.1 Å². The summed E-state index contributed by atoms with van der Waals surface area (Å²) in [6.07, 6.45) is 0.200. The van der Waals surface area contributed by atoms with Gasteiger partial charge in [0.1, 0.15) is 24.1 Å². The van der Waals surface area contributed by atoms with Crippen LogP contribution in [0.2, 0.25) is 0 Å². The van der Waals surface area contributed by atoms with E-state index in [9.17, 15) is 19.2 Å². The van der Waals surface area contributed by atoms with Gasteiger partial charge in [0.15, 0.2) is 0 Å². The number of hydrogen-bond acceptors (Lipinski definition) is 7. The molecule has 10 heteroatoms. The number of esters is 1. The van der Waals surface area contributed by atoms with E-state index >= 15 is 0 Å². The van der Waals surface area contributed by atoms with E-state index in [1.807, 2.05) is 17.5 Å². The molecule has 0 saturated carbocycles. The lowest BCUT2D eigenvalue weighted by Gasteiger charge is -2.51. The fraction of sp³-hybridized carbons (Fsp3) is 0.375. The molecule has 1 aromatic heterocycles. The van der Waals surface area contributed by atoms with Gasteiger partial charge in [-0.3, -0.25) is 19.2 Å². The van der Waals surface area contributed by atoms with Crippen molar-refractivity contribution in [2.45, 2.75) is 30.8 Å². The molecular weight excluding hydrogens is 378 g/mol. The zero-order valence-electron chi connectivity index (χ0n) is 13.8. The molecule has 2 aliphatic rings. The van der Waals surface area contributed by atoms with Crippen LogP contribution in [0.15, 0.2) is 28.5 Å². The van der Waals surface area contributed by atoms with Crippen molar-refractivity contribution in [2.24, 2.45) is 5.73 Å². The monoisotopic (exact) mass is 395 g/mol. The summed E-state index contributed by atoms with van der Waals surface area (Å²) in [5.74, 6) is -1.82. The predicted octanol–water partition coefficient (Wildman–Crippen LogP) is -0.00860. The number of hydrogen-bond donors (Lipinski definition) is 2. The number of rotatable bonds is 6. The number of β-lactam (4-membered cyclic amide) rings is 1. The molecule has 2 aliphatic heterocycles. The minimum Gasteiger partial charge on any atom is -0.461 e. The fourth-order valence-electron chi connectivity index (χ4n) is 2.85. The third-order valence-electron chi connectivity index (χ3n) is 4.01. The lowest BCUT2D eigenvalue weighted by Crippen LogP contribution is -2.74. The summed E-state index contributed by atoms with van der Waals surface area (Å²) < 4.78 is 4.92. The Morgan fingerprint density at radius 3 is 2.77 bits per heavy atom. The summed E-state index contributed by atoms with van der Waals surface area (Å²) >= 11 is 2.75. The molecule has 1 saturated heterocycles. The number of ether oxygens (including phenoxy) is 1. The van der Waals surface area contributed by atoms with Gasteiger partial charge in [-0.05, 0) is 16.9 Å². The van der Waals surface area contributed by atoms with Crippen LogP contribution in [-0.2, 0) is 30.3 Å². The van der Waals surface area contributed by atoms with Crippen LogP contribution in [0.1, 0.15) is 11.8 Å². The Morgan fingerprint density at radius 2 is 2.15 bits per heavy atom. The summed E-state index contributed by atoms with van der Waals surface area (Å²) in [6.45, 7) is 1.15. The Balaban J connectivity index is 1.67. The highest BCUT2D eigenvalue weighted by Gasteiger charge is 2.55. The second-order valence-electron chi connectivity index (χ2n) is 5.85. The van der Waals surface area contributed by atoms with Crippen LogP contribution in [0.3, 0.4) is 0 Å². The molecule has 3 amide bonds. The number of nitrogens with two attached hydrogens (primary N) is 1. The molecule has 0 aliphatic carbocycles. The maximum Gasteiger partial charge on any atom is 0.302 e. The average Bonchev–Trinajstić information content (AvgIpc) is 3.09. The number of primary amides is 1. The van der Waals surface area contributed by atoms with Gasteiger partial charge in [-0.1, -0.05) is 6.07 Å². The fourth-order valence-corrected chi connectivity index (χ4v) is 4.76. The van der Waals surface area contributed by atoms with Crippen LogP contribution < -0.4 is 11.1 Å². The van der Waals surface area contributed by atoms with Gasteiger partial charge in [0.25, 0.3) is 0 Å². The van der Waals surface area contributed by atoms with Crippen LogP contribution in [0, 0.1) is 0 Å².